The van der Waals surface area contributed by atoms with Crippen molar-refractivity contribution in [2.24, 2.45) is 0 Å². The van der Waals surface area contributed by atoms with Crippen LogP contribution in [0.2, 0.25) is 0 Å². The molecule has 4 aliphatic heterocycles. The Morgan fingerprint density at radius 3 is 2.71 bits per heavy atom. The van der Waals surface area contributed by atoms with Crippen LogP contribution in [-0.4, -0.2) is 76.6 Å². The van der Waals surface area contributed by atoms with Crippen LogP contribution in [0.1, 0.15) is 50.5 Å². The molecule has 4 fully saturated rings. The fraction of sp³-hybridized carbons (Fsp3) is 0.444. The van der Waals surface area contributed by atoms with Crippen molar-refractivity contribution in [2.75, 3.05) is 44.2 Å². The number of benzene rings is 3. The first kappa shape index (κ1) is 28.5. The van der Waals surface area contributed by atoms with Crippen LogP contribution in [0.4, 0.5) is 14.6 Å². The Kier molecular flexibility index (Phi) is 6.84. The molecule has 4 aromatic rings. The van der Waals surface area contributed by atoms with E-state index in [1.807, 2.05) is 24.3 Å². The average molecular weight is 610 g/mol. The number of aromatic hydroxyl groups is 1. The Balaban J connectivity index is 1.24. The highest BCUT2D eigenvalue weighted by Crippen LogP contribution is 2.42. The summed E-state index contributed by atoms with van der Waals surface area (Å²) >= 11 is 0. The molecular weight excluding hydrogens is 572 g/mol. The van der Waals surface area contributed by atoms with Gasteiger partial charge >= 0.3 is 6.01 Å². The number of ether oxygens (including phenoxy) is 1. The predicted molar refractivity (Wildman–Crippen MR) is 172 cm³/mol. The summed E-state index contributed by atoms with van der Waals surface area (Å²) in [6.45, 7) is 4.15. The highest BCUT2D eigenvalue weighted by Gasteiger charge is 2.49. The lowest BCUT2D eigenvalue weighted by Crippen LogP contribution is -2.50. The van der Waals surface area contributed by atoms with Crippen molar-refractivity contribution in [3.63, 3.8) is 0 Å². The quantitative estimate of drug-likeness (QED) is 0.271. The minimum Gasteiger partial charge on any atom is -0.508 e. The van der Waals surface area contributed by atoms with Gasteiger partial charge in [-0.3, -0.25) is 4.90 Å². The minimum atomic E-state index is -0.878. The highest BCUT2D eigenvalue weighted by atomic mass is 19.1. The zero-order chi connectivity index (χ0) is 30.8. The van der Waals surface area contributed by atoms with Gasteiger partial charge in [0.05, 0.1) is 5.54 Å². The number of fused-ring (bicyclic) bond motifs is 3. The summed E-state index contributed by atoms with van der Waals surface area (Å²) in [4.78, 5) is 14.0. The van der Waals surface area contributed by atoms with Gasteiger partial charge in [-0.15, -0.1) is 6.42 Å². The molecule has 0 aliphatic carbocycles. The number of terminal acetylenes is 1. The molecule has 3 aromatic carbocycles. The van der Waals surface area contributed by atoms with Crippen molar-refractivity contribution in [1.82, 2.24) is 20.2 Å². The molecule has 9 heteroatoms. The van der Waals surface area contributed by atoms with Crippen LogP contribution in [0.25, 0.3) is 32.8 Å². The number of hydrogen-bond donors (Lipinski definition) is 2. The molecule has 0 radical (unpaired) electrons. The minimum absolute atomic E-state index is 0.0180. The molecular formula is C36H37F2N5O2. The number of nitrogens with one attached hydrogen (secondary N) is 1. The molecule has 4 aliphatic rings. The van der Waals surface area contributed by atoms with Crippen LogP contribution in [0.15, 0.2) is 42.5 Å². The lowest BCUT2D eigenvalue weighted by Gasteiger charge is -2.40. The van der Waals surface area contributed by atoms with Crippen molar-refractivity contribution in [3.8, 4) is 35.2 Å². The van der Waals surface area contributed by atoms with Gasteiger partial charge in [-0.2, -0.15) is 9.97 Å². The van der Waals surface area contributed by atoms with Gasteiger partial charge in [0, 0.05) is 53.5 Å². The van der Waals surface area contributed by atoms with E-state index in [1.54, 1.807) is 18.2 Å². The third-order valence-corrected chi connectivity index (χ3v) is 10.8. The van der Waals surface area contributed by atoms with Crippen molar-refractivity contribution >= 4 is 27.5 Å². The molecule has 8 rings (SSSR count). The van der Waals surface area contributed by atoms with E-state index in [0.717, 1.165) is 57.2 Å². The number of rotatable bonds is 5. The van der Waals surface area contributed by atoms with Crippen molar-refractivity contribution in [3.05, 3.63) is 53.8 Å². The maximum atomic E-state index is 16.9. The Labute approximate surface area is 261 Å². The molecule has 0 bridgehead atoms. The summed E-state index contributed by atoms with van der Waals surface area (Å²) in [5.41, 5.74) is 1.32. The third kappa shape index (κ3) is 4.77. The fourth-order valence-corrected chi connectivity index (χ4v) is 8.47. The number of anilines is 1. The van der Waals surface area contributed by atoms with Crippen LogP contribution >= 0.6 is 0 Å². The Morgan fingerprint density at radius 1 is 1.04 bits per heavy atom. The van der Waals surface area contributed by atoms with Crippen LogP contribution in [0.5, 0.6) is 11.8 Å². The van der Waals surface area contributed by atoms with Gasteiger partial charge in [0.25, 0.3) is 0 Å². The first-order valence-electron chi connectivity index (χ1n) is 16.1. The zero-order valence-corrected chi connectivity index (χ0v) is 25.3. The van der Waals surface area contributed by atoms with Gasteiger partial charge in [-0.25, -0.2) is 8.78 Å². The molecule has 1 aromatic heterocycles. The number of phenolic OH excluding ortho intramolecular Hbond substituents is 1. The Hall–Kier alpha value is -4.00. The number of aromatic nitrogens is 2. The smallest absolute Gasteiger partial charge is 0.319 e. The third-order valence-electron chi connectivity index (χ3n) is 10.8. The second-order valence-electron chi connectivity index (χ2n) is 13.4. The topological polar surface area (TPSA) is 73.8 Å². The molecule has 45 heavy (non-hydrogen) atoms. The van der Waals surface area contributed by atoms with E-state index < -0.39 is 12.0 Å². The number of piperidine rings is 1. The van der Waals surface area contributed by atoms with Crippen LogP contribution in [0.3, 0.4) is 0 Å². The lowest BCUT2D eigenvalue weighted by atomic mass is 9.86. The maximum Gasteiger partial charge on any atom is 0.319 e. The molecule has 0 saturated carbocycles. The largest absolute Gasteiger partial charge is 0.508 e. The Morgan fingerprint density at radius 2 is 1.91 bits per heavy atom. The number of phenols is 1. The molecule has 5 heterocycles. The molecule has 232 valence electrons. The summed E-state index contributed by atoms with van der Waals surface area (Å²) in [7, 11) is 0. The van der Waals surface area contributed by atoms with Gasteiger partial charge in [0.2, 0.25) is 0 Å². The summed E-state index contributed by atoms with van der Waals surface area (Å²) in [6, 6.07) is 12.4. The first-order valence-corrected chi connectivity index (χ1v) is 16.1. The molecule has 1 spiro atoms. The summed E-state index contributed by atoms with van der Waals surface area (Å²) in [5, 5.41) is 16.3. The van der Waals surface area contributed by atoms with E-state index >= 15 is 4.39 Å². The van der Waals surface area contributed by atoms with Crippen molar-refractivity contribution < 1.29 is 18.6 Å². The van der Waals surface area contributed by atoms with Crippen molar-refractivity contribution in [2.45, 2.75) is 62.2 Å². The van der Waals surface area contributed by atoms with Crippen LogP contribution in [-0.2, 0) is 0 Å². The van der Waals surface area contributed by atoms with Gasteiger partial charge in [0.1, 0.15) is 29.9 Å². The van der Waals surface area contributed by atoms with E-state index in [9.17, 15) is 9.50 Å². The predicted octanol–water partition coefficient (Wildman–Crippen LogP) is 5.95. The summed E-state index contributed by atoms with van der Waals surface area (Å²) < 4.78 is 37.6. The lowest BCUT2D eigenvalue weighted by molar-refractivity contribution is 0.107. The van der Waals surface area contributed by atoms with E-state index in [1.165, 1.54) is 12.8 Å². The average Bonchev–Trinajstić information content (AvgIpc) is 3.74. The van der Waals surface area contributed by atoms with Gasteiger partial charge in [-0.1, -0.05) is 24.1 Å². The molecule has 0 amide bonds. The van der Waals surface area contributed by atoms with E-state index in [4.69, 9.17) is 16.1 Å². The fourth-order valence-electron chi connectivity index (χ4n) is 8.47. The normalized spacial score (nSPS) is 24.5. The van der Waals surface area contributed by atoms with Gasteiger partial charge in [-0.05, 0) is 86.8 Å². The van der Waals surface area contributed by atoms with E-state index in [0.29, 0.717) is 40.7 Å². The molecule has 2 atom stereocenters. The van der Waals surface area contributed by atoms with Gasteiger partial charge < -0.3 is 20.1 Å². The summed E-state index contributed by atoms with van der Waals surface area (Å²) in [6.07, 6.45) is 11.6. The molecule has 0 unspecified atom stereocenters. The summed E-state index contributed by atoms with van der Waals surface area (Å²) in [5.74, 6) is 2.84. The number of halogens is 2. The Bertz CT molecular complexity index is 1840. The highest BCUT2D eigenvalue weighted by molar-refractivity contribution is 6.04. The SMILES string of the molecule is C#Cc1cccc2cc(O)cc(-c3ccc4c(N5CCC6(CCCN6)CC5)nc(OC[C@@]56CCCN5C[C@H](F)C6)nc4c3F)c12. The molecule has 7 nitrogen and oxygen atoms in total. The standard InChI is InChI=1S/C36H37F2N5O2/c1-2-23-6-3-7-24-18-26(44)19-29(30(23)24)27-8-9-28-32(31(27)38)40-34(45-22-36-11-5-15-43(36)21-25(37)20-36)41-33(28)42-16-12-35(13-17-42)10-4-14-39-35/h1,3,6-9,18-19,25,39,44H,4-5,10-17,20-22H2/t25-,36+/m1/s1. The van der Waals surface area contributed by atoms with Gasteiger partial charge in [0.15, 0.2) is 5.82 Å². The number of alkyl halides is 1. The monoisotopic (exact) mass is 609 g/mol. The molecule has 4 saturated heterocycles. The van der Waals surface area contributed by atoms with Crippen LogP contribution < -0.4 is 15.0 Å². The number of nitrogens with zero attached hydrogens (tertiary/aromatic N) is 4. The second kappa shape index (κ2) is 10.8. The molecule has 2 N–H and O–H groups in total. The first-order chi connectivity index (χ1) is 21.9. The van der Waals surface area contributed by atoms with Crippen LogP contribution in [0, 0.1) is 18.2 Å². The maximum absolute atomic E-state index is 16.9. The van der Waals surface area contributed by atoms with E-state index in [-0.39, 0.29) is 40.5 Å². The van der Waals surface area contributed by atoms with E-state index in [2.05, 4.69) is 26.0 Å². The number of hydrogen-bond acceptors (Lipinski definition) is 7. The van der Waals surface area contributed by atoms with Crippen molar-refractivity contribution in [1.29, 1.82) is 0 Å². The second-order valence-corrected chi connectivity index (χ2v) is 13.4. The zero-order valence-electron chi connectivity index (χ0n) is 25.3.